The first-order valence-corrected chi connectivity index (χ1v) is 12.3. The van der Waals surface area contributed by atoms with Crippen LogP contribution in [0.1, 0.15) is 87.9 Å². The molecule has 4 amide bonds. The SMILES string of the molecule is CC(C)(C)N1C(=O)c2ccc(Oc3ccc4c(c3)C(=O)N(CC3CC5CCC3C5)C4=O)cc2C1=O. The summed E-state index contributed by atoms with van der Waals surface area (Å²) >= 11 is 0. The Labute approximate surface area is 204 Å². The van der Waals surface area contributed by atoms with Crippen molar-refractivity contribution in [1.29, 1.82) is 0 Å². The number of ether oxygens (including phenoxy) is 1. The van der Waals surface area contributed by atoms with E-state index in [2.05, 4.69) is 0 Å². The smallest absolute Gasteiger partial charge is 0.262 e. The summed E-state index contributed by atoms with van der Waals surface area (Å²) in [5.41, 5.74) is 0.767. The number of hydrogen-bond acceptors (Lipinski definition) is 5. The van der Waals surface area contributed by atoms with Crippen LogP contribution in [0.4, 0.5) is 0 Å². The molecule has 0 radical (unpaired) electrons. The molecule has 0 aromatic heterocycles. The normalized spacial score (nSPS) is 25.1. The zero-order chi connectivity index (χ0) is 24.6. The summed E-state index contributed by atoms with van der Waals surface area (Å²) < 4.78 is 5.96. The van der Waals surface area contributed by atoms with Gasteiger partial charge < -0.3 is 4.74 Å². The lowest BCUT2D eigenvalue weighted by Crippen LogP contribution is -2.45. The van der Waals surface area contributed by atoms with E-state index >= 15 is 0 Å². The molecule has 2 aliphatic carbocycles. The van der Waals surface area contributed by atoms with Crippen molar-refractivity contribution >= 4 is 23.6 Å². The number of imide groups is 2. The van der Waals surface area contributed by atoms with Crippen molar-refractivity contribution < 1.29 is 23.9 Å². The topological polar surface area (TPSA) is 84.0 Å². The number of rotatable bonds is 4. The van der Waals surface area contributed by atoms with E-state index in [0.717, 1.165) is 12.3 Å². The highest BCUT2D eigenvalue weighted by Crippen LogP contribution is 2.49. The molecule has 2 aromatic carbocycles. The number of nitrogens with zero attached hydrogens (tertiary/aromatic N) is 2. The van der Waals surface area contributed by atoms with Crippen molar-refractivity contribution in [1.82, 2.24) is 9.80 Å². The molecule has 2 aliphatic heterocycles. The molecular weight excluding hydrogens is 444 g/mol. The van der Waals surface area contributed by atoms with Crippen LogP contribution in [0.5, 0.6) is 11.5 Å². The van der Waals surface area contributed by atoms with Gasteiger partial charge in [0.15, 0.2) is 0 Å². The summed E-state index contributed by atoms with van der Waals surface area (Å²) in [6.45, 7) is 5.94. The van der Waals surface area contributed by atoms with Crippen molar-refractivity contribution in [2.75, 3.05) is 6.54 Å². The average Bonchev–Trinajstić information content (AvgIpc) is 3.54. The maximum Gasteiger partial charge on any atom is 0.262 e. The van der Waals surface area contributed by atoms with Crippen LogP contribution in [-0.4, -0.2) is 45.5 Å². The van der Waals surface area contributed by atoms with Crippen molar-refractivity contribution in [3.8, 4) is 11.5 Å². The van der Waals surface area contributed by atoms with E-state index < -0.39 is 5.54 Å². The second-order valence-corrected chi connectivity index (χ2v) is 11.3. The maximum atomic E-state index is 13.1. The monoisotopic (exact) mass is 472 g/mol. The minimum atomic E-state index is -0.634. The van der Waals surface area contributed by atoms with Gasteiger partial charge in [0.2, 0.25) is 0 Å². The molecule has 0 saturated heterocycles. The Morgan fingerprint density at radius 2 is 1.34 bits per heavy atom. The zero-order valence-electron chi connectivity index (χ0n) is 20.2. The lowest BCUT2D eigenvalue weighted by atomic mass is 9.88. The van der Waals surface area contributed by atoms with Gasteiger partial charge in [-0.05, 0) is 94.2 Å². The van der Waals surface area contributed by atoms with Gasteiger partial charge in [-0.2, -0.15) is 0 Å². The van der Waals surface area contributed by atoms with Crippen LogP contribution in [0.3, 0.4) is 0 Å². The summed E-state index contributed by atoms with van der Waals surface area (Å²) in [4.78, 5) is 54.3. The third-order valence-electron chi connectivity index (χ3n) is 8.01. The molecule has 4 aliphatic rings. The van der Waals surface area contributed by atoms with E-state index in [9.17, 15) is 19.2 Å². The van der Waals surface area contributed by atoms with Crippen molar-refractivity contribution in [3.05, 3.63) is 58.7 Å². The highest BCUT2D eigenvalue weighted by Gasteiger charge is 2.44. The molecule has 7 heteroatoms. The summed E-state index contributed by atoms with van der Waals surface area (Å²) in [6.07, 6.45) is 4.83. The Kier molecular flexibility index (Phi) is 4.72. The predicted octanol–water partition coefficient (Wildman–Crippen LogP) is 4.91. The van der Waals surface area contributed by atoms with Crippen LogP contribution in [0.2, 0.25) is 0 Å². The summed E-state index contributed by atoms with van der Waals surface area (Å²) in [7, 11) is 0. The summed E-state index contributed by atoms with van der Waals surface area (Å²) in [5.74, 6) is 1.41. The third-order valence-corrected chi connectivity index (χ3v) is 8.01. The molecule has 3 unspecified atom stereocenters. The second-order valence-electron chi connectivity index (χ2n) is 11.3. The van der Waals surface area contributed by atoms with Crippen LogP contribution in [-0.2, 0) is 0 Å². The number of hydrogen-bond donors (Lipinski definition) is 0. The Bertz CT molecular complexity index is 1310. The average molecular weight is 473 g/mol. The quantitative estimate of drug-likeness (QED) is 0.591. The molecule has 3 atom stereocenters. The first kappa shape index (κ1) is 22.0. The number of carbonyl (C=O) groups excluding carboxylic acids is 4. The molecule has 2 saturated carbocycles. The van der Waals surface area contributed by atoms with E-state index in [-0.39, 0.29) is 23.6 Å². The van der Waals surface area contributed by atoms with Gasteiger partial charge in [0.1, 0.15) is 11.5 Å². The molecule has 2 heterocycles. The van der Waals surface area contributed by atoms with Crippen LogP contribution < -0.4 is 4.74 Å². The molecule has 7 nitrogen and oxygen atoms in total. The fraction of sp³-hybridized carbons (Fsp3) is 0.429. The first-order valence-electron chi connectivity index (χ1n) is 12.3. The van der Waals surface area contributed by atoms with Gasteiger partial charge in [-0.25, -0.2) is 0 Å². The highest BCUT2D eigenvalue weighted by molar-refractivity contribution is 6.22. The number of amides is 4. The Morgan fingerprint density at radius 3 is 1.91 bits per heavy atom. The third kappa shape index (κ3) is 3.39. The standard InChI is InChI=1S/C28H28N2O5/c1-28(2,3)30-26(33)21-9-7-19(13-23(21)27(30)34)35-18-6-8-20-22(12-18)25(32)29(24(20)31)14-17-11-15-4-5-16(17)10-15/h6-9,12-13,15-17H,4-5,10-11,14H2,1-3H3. The van der Waals surface area contributed by atoms with Gasteiger partial charge >= 0.3 is 0 Å². The van der Waals surface area contributed by atoms with Crippen molar-refractivity contribution in [2.45, 2.75) is 52.0 Å². The van der Waals surface area contributed by atoms with Crippen LogP contribution in [0, 0.1) is 17.8 Å². The zero-order valence-corrected chi connectivity index (χ0v) is 20.2. The fourth-order valence-electron chi connectivity index (χ4n) is 6.36. The lowest BCUT2D eigenvalue weighted by molar-refractivity contribution is 0.0505. The molecule has 2 aromatic rings. The van der Waals surface area contributed by atoms with E-state index in [0.29, 0.717) is 52.1 Å². The summed E-state index contributed by atoms with van der Waals surface area (Å²) in [6, 6.07) is 9.68. The largest absolute Gasteiger partial charge is 0.457 e. The van der Waals surface area contributed by atoms with Gasteiger partial charge in [0.05, 0.1) is 22.3 Å². The van der Waals surface area contributed by atoms with Gasteiger partial charge in [-0.3, -0.25) is 29.0 Å². The molecule has 2 fully saturated rings. The number of fused-ring (bicyclic) bond motifs is 4. The second kappa shape index (κ2) is 7.51. The molecule has 35 heavy (non-hydrogen) atoms. The molecule has 0 N–H and O–H groups in total. The Hall–Kier alpha value is -3.48. The number of benzene rings is 2. The van der Waals surface area contributed by atoms with Crippen molar-refractivity contribution in [2.24, 2.45) is 17.8 Å². The highest BCUT2D eigenvalue weighted by atomic mass is 16.5. The van der Waals surface area contributed by atoms with E-state index in [1.807, 2.05) is 20.8 Å². The molecule has 0 spiro atoms. The molecule has 6 rings (SSSR count). The summed E-state index contributed by atoms with van der Waals surface area (Å²) in [5, 5.41) is 0. The van der Waals surface area contributed by atoms with Crippen LogP contribution in [0.25, 0.3) is 0 Å². The minimum Gasteiger partial charge on any atom is -0.457 e. The lowest BCUT2D eigenvalue weighted by Gasteiger charge is -2.29. The van der Waals surface area contributed by atoms with Crippen LogP contribution >= 0.6 is 0 Å². The van der Waals surface area contributed by atoms with E-state index in [1.54, 1.807) is 36.4 Å². The maximum absolute atomic E-state index is 13.1. The first-order chi connectivity index (χ1) is 16.6. The van der Waals surface area contributed by atoms with Gasteiger partial charge in [0.25, 0.3) is 23.6 Å². The van der Waals surface area contributed by atoms with Crippen LogP contribution in [0.15, 0.2) is 36.4 Å². The predicted molar refractivity (Wildman–Crippen MR) is 128 cm³/mol. The fourth-order valence-corrected chi connectivity index (χ4v) is 6.36. The molecule has 2 bridgehead atoms. The molecular formula is C28H28N2O5. The molecule has 180 valence electrons. The van der Waals surface area contributed by atoms with Gasteiger partial charge in [-0.15, -0.1) is 0 Å². The van der Waals surface area contributed by atoms with Gasteiger partial charge in [0, 0.05) is 12.1 Å². The van der Waals surface area contributed by atoms with E-state index in [1.165, 1.54) is 29.1 Å². The van der Waals surface area contributed by atoms with Gasteiger partial charge in [-0.1, -0.05) is 6.42 Å². The minimum absolute atomic E-state index is 0.233. The number of carbonyl (C=O) groups is 4. The Morgan fingerprint density at radius 1 is 0.771 bits per heavy atom. The van der Waals surface area contributed by atoms with E-state index in [4.69, 9.17) is 4.74 Å². The van der Waals surface area contributed by atoms with Crippen molar-refractivity contribution in [3.63, 3.8) is 0 Å². The Balaban J connectivity index is 1.22.